The number of hydrogen-bond donors (Lipinski definition) is 1. The van der Waals surface area contributed by atoms with E-state index in [0.717, 1.165) is 11.3 Å². The maximum absolute atomic E-state index is 12.4. The molecule has 20 heavy (non-hydrogen) atoms. The van der Waals surface area contributed by atoms with E-state index >= 15 is 0 Å². The van der Waals surface area contributed by atoms with Crippen LogP contribution in [0, 0.1) is 5.41 Å². The van der Waals surface area contributed by atoms with Crippen molar-refractivity contribution in [2.24, 2.45) is 5.41 Å². The van der Waals surface area contributed by atoms with Crippen molar-refractivity contribution in [3.63, 3.8) is 0 Å². The van der Waals surface area contributed by atoms with Crippen LogP contribution in [0.15, 0.2) is 30.2 Å². The van der Waals surface area contributed by atoms with Gasteiger partial charge < -0.3 is 10.0 Å². The molecule has 0 radical (unpaired) electrons. The summed E-state index contributed by atoms with van der Waals surface area (Å²) in [5, 5.41) is 11.3. The molecule has 1 amide bonds. The van der Waals surface area contributed by atoms with Gasteiger partial charge in [-0.1, -0.05) is 18.6 Å². The van der Waals surface area contributed by atoms with Crippen LogP contribution >= 0.6 is 11.3 Å². The molecule has 1 aromatic rings. The van der Waals surface area contributed by atoms with Crippen LogP contribution in [0.1, 0.15) is 30.6 Å². The molecule has 1 aliphatic rings. The molecule has 0 bridgehead atoms. The van der Waals surface area contributed by atoms with Gasteiger partial charge in [0.25, 0.3) is 0 Å². The molecule has 4 nitrogen and oxygen atoms in total. The number of carboxylic acids is 1. The second-order valence-electron chi connectivity index (χ2n) is 5.26. The number of rotatable bonds is 7. The quantitative estimate of drug-likeness (QED) is 0.786. The lowest BCUT2D eigenvalue weighted by molar-refractivity contribution is -0.159. The normalized spacial score (nSPS) is 16.2. The molecule has 1 fully saturated rings. The van der Waals surface area contributed by atoms with Crippen molar-refractivity contribution < 1.29 is 14.7 Å². The number of carbonyl (C=O) groups excluding carboxylic acids is 1. The minimum absolute atomic E-state index is 0.0969. The van der Waals surface area contributed by atoms with Crippen molar-refractivity contribution >= 4 is 23.2 Å². The first-order valence-electron chi connectivity index (χ1n) is 6.72. The average Bonchev–Trinajstić information content (AvgIpc) is 2.85. The zero-order valence-electron chi connectivity index (χ0n) is 11.4. The molecule has 5 heteroatoms. The maximum Gasteiger partial charge on any atom is 0.310 e. The third kappa shape index (κ3) is 3.10. The van der Waals surface area contributed by atoms with E-state index in [9.17, 15) is 14.7 Å². The highest BCUT2D eigenvalue weighted by Gasteiger charge is 2.46. The predicted octanol–water partition coefficient (Wildman–Crippen LogP) is 2.91. The number of nitrogens with zero attached hydrogens (tertiary/aromatic N) is 1. The van der Waals surface area contributed by atoms with Gasteiger partial charge in [-0.25, -0.2) is 0 Å². The molecule has 1 aromatic heterocycles. The summed E-state index contributed by atoms with van der Waals surface area (Å²) in [5.41, 5.74) is -0.827. The molecular formula is C15H19NO3S. The van der Waals surface area contributed by atoms with Gasteiger partial charge in [-0.3, -0.25) is 9.59 Å². The smallest absolute Gasteiger partial charge is 0.310 e. The number of amides is 1. The molecule has 0 atom stereocenters. The van der Waals surface area contributed by atoms with E-state index in [-0.39, 0.29) is 12.3 Å². The third-order valence-corrected chi connectivity index (χ3v) is 4.74. The van der Waals surface area contributed by atoms with Crippen LogP contribution in [0.2, 0.25) is 0 Å². The Morgan fingerprint density at radius 2 is 2.25 bits per heavy atom. The van der Waals surface area contributed by atoms with E-state index in [1.807, 2.05) is 17.5 Å². The molecule has 1 heterocycles. The standard InChI is InChI=1S/C15H19NO3S/c1-2-8-16(11-12-5-3-9-20-12)13(17)10-15(14(18)19)6-4-7-15/h2-3,5,9H,1,4,6-8,10-11H2,(H,18,19). The Labute approximate surface area is 122 Å². The van der Waals surface area contributed by atoms with Crippen molar-refractivity contribution in [3.8, 4) is 0 Å². The average molecular weight is 293 g/mol. The first kappa shape index (κ1) is 14.8. The maximum atomic E-state index is 12.4. The lowest BCUT2D eigenvalue weighted by Crippen LogP contribution is -2.43. The summed E-state index contributed by atoms with van der Waals surface area (Å²) in [6, 6.07) is 3.92. The van der Waals surface area contributed by atoms with E-state index in [2.05, 4.69) is 6.58 Å². The van der Waals surface area contributed by atoms with Crippen LogP contribution in [0.4, 0.5) is 0 Å². The molecule has 1 N–H and O–H groups in total. The van der Waals surface area contributed by atoms with E-state index in [0.29, 0.717) is 25.9 Å². The van der Waals surface area contributed by atoms with Gasteiger partial charge >= 0.3 is 5.97 Å². The molecule has 2 rings (SSSR count). The Hall–Kier alpha value is -1.62. The van der Waals surface area contributed by atoms with E-state index < -0.39 is 11.4 Å². The lowest BCUT2D eigenvalue weighted by atomic mass is 9.66. The van der Waals surface area contributed by atoms with Gasteiger partial charge in [0, 0.05) is 17.8 Å². The number of hydrogen-bond acceptors (Lipinski definition) is 3. The fourth-order valence-electron chi connectivity index (χ4n) is 2.47. The molecular weight excluding hydrogens is 274 g/mol. The van der Waals surface area contributed by atoms with Gasteiger partial charge in [0.1, 0.15) is 0 Å². The van der Waals surface area contributed by atoms with Gasteiger partial charge in [0.2, 0.25) is 5.91 Å². The van der Waals surface area contributed by atoms with Crippen LogP contribution in [-0.2, 0) is 16.1 Å². The topological polar surface area (TPSA) is 57.6 Å². The van der Waals surface area contributed by atoms with Crippen molar-refractivity contribution in [1.82, 2.24) is 4.90 Å². The molecule has 0 saturated heterocycles. The number of thiophene rings is 1. The van der Waals surface area contributed by atoms with Crippen LogP contribution in [0.3, 0.4) is 0 Å². The van der Waals surface area contributed by atoms with Crippen LogP contribution in [0.5, 0.6) is 0 Å². The lowest BCUT2D eigenvalue weighted by Gasteiger charge is -2.38. The molecule has 0 spiro atoms. The van der Waals surface area contributed by atoms with Crippen molar-refractivity contribution in [3.05, 3.63) is 35.0 Å². The fraction of sp³-hybridized carbons (Fsp3) is 0.467. The van der Waals surface area contributed by atoms with Crippen LogP contribution in [-0.4, -0.2) is 28.4 Å². The van der Waals surface area contributed by atoms with Gasteiger partial charge in [-0.2, -0.15) is 0 Å². The van der Waals surface area contributed by atoms with E-state index in [1.165, 1.54) is 0 Å². The molecule has 108 valence electrons. The second-order valence-corrected chi connectivity index (χ2v) is 6.29. The predicted molar refractivity (Wildman–Crippen MR) is 78.5 cm³/mol. The number of carboxylic acid groups (broad SMARTS) is 1. The number of aliphatic carboxylic acids is 1. The first-order chi connectivity index (χ1) is 9.57. The third-order valence-electron chi connectivity index (χ3n) is 3.88. The van der Waals surface area contributed by atoms with Gasteiger partial charge in [0.15, 0.2) is 0 Å². The summed E-state index contributed by atoms with van der Waals surface area (Å²) in [7, 11) is 0. The summed E-state index contributed by atoms with van der Waals surface area (Å²) in [6.07, 6.45) is 3.89. The van der Waals surface area contributed by atoms with E-state index in [4.69, 9.17) is 0 Å². The summed E-state index contributed by atoms with van der Waals surface area (Å²) in [6.45, 7) is 4.65. The summed E-state index contributed by atoms with van der Waals surface area (Å²) in [4.78, 5) is 26.5. The highest BCUT2D eigenvalue weighted by atomic mass is 32.1. The minimum Gasteiger partial charge on any atom is -0.481 e. The Balaban J connectivity index is 2.03. The first-order valence-corrected chi connectivity index (χ1v) is 7.60. The largest absolute Gasteiger partial charge is 0.481 e. The van der Waals surface area contributed by atoms with Crippen LogP contribution in [0.25, 0.3) is 0 Å². The molecule has 1 aliphatic carbocycles. The Kier molecular flexibility index (Phi) is 4.60. The number of carbonyl (C=O) groups is 2. The minimum atomic E-state index is -0.841. The highest BCUT2D eigenvalue weighted by Crippen LogP contribution is 2.44. The molecule has 1 saturated carbocycles. The monoisotopic (exact) mass is 293 g/mol. The second kappa shape index (κ2) is 6.22. The Morgan fingerprint density at radius 3 is 2.70 bits per heavy atom. The SMILES string of the molecule is C=CCN(Cc1cccs1)C(=O)CC1(C(=O)O)CCC1. The van der Waals surface area contributed by atoms with E-state index in [1.54, 1.807) is 22.3 Å². The molecule has 0 unspecified atom stereocenters. The summed E-state index contributed by atoms with van der Waals surface area (Å²) < 4.78 is 0. The summed E-state index contributed by atoms with van der Waals surface area (Å²) >= 11 is 1.59. The zero-order chi connectivity index (χ0) is 14.6. The molecule has 0 aromatic carbocycles. The van der Waals surface area contributed by atoms with Gasteiger partial charge in [-0.15, -0.1) is 17.9 Å². The van der Waals surface area contributed by atoms with Gasteiger partial charge in [0.05, 0.1) is 12.0 Å². The molecule has 0 aliphatic heterocycles. The zero-order valence-corrected chi connectivity index (χ0v) is 12.2. The van der Waals surface area contributed by atoms with Crippen LogP contribution < -0.4 is 0 Å². The van der Waals surface area contributed by atoms with Gasteiger partial charge in [-0.05, 0) is 24.3 Å². The fourth-order valence-corrected chi connectivity index (χ4v) is 3.19. The highest BCUT2D eigenvalue weighted by molar-refractivity contribution is 7.09. The Bertz CT molecular complexity index is 491. The van der Waals surface area contributed by atoms with Crippen molar-refractivity contribution in [2.75, 3.05) is 6.54 Å². The van der Waals surface area contributed by atoms with Crippen molar-refractivity contribution in [2.45, 2.75) is 32.2 Å². The van der Waals surface area contributed by atoms with Crippen molar-refractivity contribution in [1.29, 1.82) is 0 Å². The Morgan fingerprint density at radius 1 is 1.50 bits per heavy atom. The summed E-state index contributed by atoms with van der Waals surface area (Å²) in [5.74, 6) is -0.938.